The van der Waals surface area contributed by atoms with Crippen LogP contribution in [0.15, 0.2) is 18.2 Å². The van der Waals surface area contributed by atoms with Crippen LogP contribution in [0, 0.1) is 11.6 Å². The summed E-state index contributed by atoms with van der Waals surface area (Å²) < 4.78 is 33.0. The van der Waals surface area contributed by atoms with Gasteiger partial charge in [-0.3, -0.25) is 0 Å². The first kappa shape index (κ1) is 12.1. The Balaban J connectivity index is 1.73. The van der Waals surface area contributed by atoms with Crippen molar-refractivity contribution in [3.05, 3.63) is 35.4 Å². The number of nitrogens with one attached hydrogen (secondary N) is 1. The van der Waals surface area contributed by atoms with E-state index in [4.69, 9.17) is 4.74 Å². The number of hydrogen-bond acceptors (Lipinski definition) is 2. The van der Waals surface area contributed by atoms with Crippen molar-refractivity contribution < 1.29 is 13.5 Å². The lowest BCUT2D eigenvalue weighted by Gasteiger charge is -2.25. The van der Waals surface area contributed by atoms with E-state index in [1.54, 1.807) is 6.92 Å². The number of halogens is 2. The molecule has 3 rings (SSSR count). The molecule has 0 aromatic heterocycles. The smallest absolute Gasteiger partial charge is 0.130 e. The molecule has 2 nitrogen and oxygen atoms in total. The van der Waals surface area contributed by atoms with E-state index in [-0.39, 0.29) is 23.8 Å². The van der Waals surface area contributed by atoms with Crippen molar-refractivity contribution in [3.8, 4) is 0 Å². The molecule has 4 atom stereocenters. The highest BCUT2D eigenvalue weighted by molar-refractivity contribution is 5.23. The lowest BCUT2D eigenvalue weighted by Crippen LogP contribution is -2.39. The van der Waals surface area contributed by atoms with Crippen LogP contribution in [0.2, 0.25) is 0 Å². The molecule has 0 spiro atoms. The molecule has 2 aliphatic heterocycles. The maximum Gasteiger partial charge on any atom is 0.130 e. The van der Waals surface area contributed by atoms with Crippen LogP contribution in [-0.2, 0) is 4.74 Å². The monoisotopic (exact) mass is 253 g/mol. The number of fused-ring (bicyclic) bond motifs is 2. The Labute approximate surface area is 105 Å². The first-order valence-electron chi connectivity index (χ1n) is 6.50. The van der Waals surface area contributed by atoms with E-state index >= 15 is 0 Å². The molecule has 0 aliphatic carbocycles. The fraction of sp³-hybridized carbons (Fsp3) is 0.571. The molecule has 0 radical (unpaired) electrons. The summed E-state index contributed by atoms with van der Waals surface area (Å²) in [5, 5.41) is 3.30. The topological polar surface area (TPSA) is 21.3 Å². The van der Waals surface area contributed by atoms with Crippen LogP contribution in [0.3, 0.4) is 0 Å². The fourth-order valence-electron chi connectivity index (χ4n) is 3.14. The summed E-state index contributed by atoms with van der Waals surface area (Å²) in [7, 11) is 0. The zero-order valence-electron chi connectivity index (χ0n) is 10.3. The average Bonchev–Trinajstić information content (AvgIpc) is 2.90. The van der Waals surface area contributed by atoms with E-state index in [0.29, 0.717) is 6.10 Å². The Kier molecular flexibility index (Phi) is 3.08. The van der Waals surface area contributed by atoms with E-state index in [0.717, 1.165) is 19.3 Å². The zero-order valence-corrected chi connectivity index (χ0v) is 10.3. The highest BCUT2D eigenvalue weighted by Crippen LogP contribution is 2.35. The number of hydrogen-bond donors (Lipinski definition) is 1. The third-order valence-corrected chi connectivity index (χ3v) is 4.00. The molecule has 18 heavy (non-hydrogen) atoms. The molecule has 0 saturated carbocycles. The molecule has 2 saturated heterocycles. The van der Waals surface area contributed by atoms with E-state index in [1.165, 1.54) is 18.2 Å². The van der Waals surface area contributed by atoms with Gasteiger partial charge in [-0.25, -0.2) is 8.78 Å². The second-order valence-corrected chi connectivity index (χ2v) is 5.24. The van der Waals surface area contributed by atoms with Crippen molar-refractivity contribution in [2.24, 2.45) is 0 Å². The van der Waals surface area contributed by atoms with Gasteiger partial charge in [0.05, 0.1) is 12.2 Å². The quantitative estimate of drug-likeness (QED) is 0.894. The molecule has 0 amide bonds. The molecule has 1 N–H and O–H groups in total. The molecule has 1 aromatic carbocycles. The van der Waals surface area contributed by atoms with Crippen LogP contribution in [0.1, 0.15) is 37.8 Å². The molecular weight excluding hydrogens is 236 g/mol. The first-order chi connectivity index (χ1) is 8.65. The zero-order chi connectivity index (χ0) is 12.7. The predicted molar refractivity (Wildman–Crippen MR) is 64.2 cm³/mol. The summed E-state index contributed by atoms with van der Waals surface area (Å²) in [6.45, 7) is 1.80. The maximum atomic E-state index is 13.7. The second-order valence-electron chi connectivity index (χ2n) is 5.24. The highest BCUT2D eigenvalue weighted by Gasteiger charge is 2.41. The standard InChI is InChI=1S/C14H17F2NO/c1-8(14-10(15)3-2-4-11(14)16)17-12-7-9-5-6-13(12)18-9/h2-4,8-9,12-13,17H,5-7H2,1H3. The third-order valence-electron chi connectivity index (χ3n) is 4.00. The van der Waals surface area contributed by atoms with Gasteiger partial charge in [0, 0.05) is 17.6 Å². The van der Waals surface area contributed by atoms with Crippen molar-refractivity contribution in [1.29, 1.82) is 0 Å². The molecule has 4 unspecified atom stereocenters. The van der Waals surface area contributed by atoms with Gasteiger partial charge in [-0.1, -0.05) is 6.07 Å². The fourth-order valence-corrected chi connectivity index (χ4v) is 3.14. The summed E-state index contributed by atoms with van der Waals surface area (Å²) >= 11 is 0. The van der Waals surface area contributed by atoms with Crippen LogP contribution in [0.4, 0.5) is 8.78 Å². The lowest BCUT2D eigenvalue weighted by molar-refractivity contribution is 0.0961. The molecule has 2 aliphatic rings. The predicted octanol–water partition coefficient (Wildman–Crippen LogP) is 2.94. The van der Waals surface area contributed by atoms with Crippen molar-refractivity contribution in [2.45, 2.75) is 50.5 Å². The SMILES string of the molecule is CC(NC1CC2CCC1O2)c1c(F)cccc1F. The summed E-state index contributed by atoms with van der Waals surface area (Å²) in [5.74, 6) is -0.974. The molecule has 1 aromatic rings. The summed E-state index contributed by atoms with van der Waals surface area (Å²) in [4.78, 5) is 0. The van der Waals surface area contributed by atoms with Gasteiger partial charge in [-0.2, -0.15) is 0 Å². The van der Waals surface area contributed by atoms with E-state index in [2.05, 4.69) is 5.32 Å². The molecule has 4 heteroatoms. The maximum absolute atomic E-state index is 13.7. The Morgan fingerprint density at radius 3 is 2.56 bits per heavy atom. The van der Waals surface area contributed by atoms with Crippen LogP contribution in [0.25, 0.3) is 0 Å². The summed E-state index contributed by atoms with van der Waals surface area (Å²) in [6, 6.07) is 3.88. The summed E-state index contributed by atoms with van der Waals surface area (Å²) in [5.41, 5.74) is 0.125. The Hall–Kier alpha value is -1.00. The van der Waals surface area contributed by atoms with E-state index in [9.17, 15) is 8.78 Å². The number of benzene rings is 1. The van der Waals surface area contributed by atoms with Crippen LogP contribution < -0.4 is 5.32 Å². The lowest BCUT2D eigenvalue weighted by atomic mass is 9.94. The first-order valence-corrected chi connectivity index (χ1v) is 6.50. The Bertz CT molecular complexity index is 431. The minimum atomic E-state index is -0.487. The molecular formula is C14H17F2NO. The molecule has 2 bridgehead atoms. The van der Waals surface area contributed by atoms with Crippen LogP contribution in [-0.4, -0.2) is 18.2 Å². The van der Waals surface area contributed by atoms with Gasteiger partial charge >= 0.3 is 0 Å². The molecule has 98 valence electrons. The Morgan fingerprint density at radius 1 is 1.28 bits per heavy atom. The van der Waals surface area contributed by atoms with Gasteiger partial charge in [-0.15, -0.1) is 0 Å². The largest absolute Gasteiger partial charge is 0.373 e. The van der Waals surface area contributed by atoms with E-state index < -0.39 is 11.6 Å². The third kappa shape index (κ3) is 2.04. The van der Waals surface area contributed by atoms with Crippen LogP contribution in [0.5, 0.6) is 0 Å². The summed E-state index contributed by atoms with van der Waals surface area (Å²) in [6.07, 6.45) is 3.67. The van der Waals surface area contributed by atoms with Gasteiger partial charge in [-0.05, 0) is 38.3 Å². The van der Waals surface area contributed by atoms with Gasteiger partial charge in [0.15, 0.2) is 0 Å². The van der Waals surface area contributed by atoms with Gasteiger partial charge in [0.25, 0.3) is 0 Å². The minimum Gasteiger partial charge on any atom is -0.373 e. The number of rotatable bonds is 3. The normalized spacial score (nSPS) is 31.8. The highest BCUT2D eigenvalue weighted by atomic mass is 19.1. The van der Waals surface area contributed by atoms with Gasteiger partial charge in [0.2, 0.25) is 0 Å². The average molecular weight is 253 g/mol. The van der Waals surface area contributed by atoms with Crippen molar-refractivity contribution in [3.63, 3.8) is 0 Å². The van der Waals surface area contributed by atoms with Crippen molar-refractivity contribution in [1.82, 2.24) is 5.32 Å². The molecule has 2 heterocycles. The van der Waals surface area contributed by atoms with Crippen molar-refractivity contribution in [2.75, 3.05) is 0 Å². The second kappa shape index (κ2) is 4.59. The van der Waals surface area contributed by atoms with Crippen molar-refractivity contribution >= 4 is 0 Å². The van der Waals surface area contributed by atoms with E-state index in [1.807, 2.05) is 0 Å². The van der Waals surface area contributed by atoms with Crippen LogP contribution >= 0.6 is 0 Å². The number of ether oxygens (including phenoxy) is 1. The molecule has 2 fully saturated rings. The Morgan fingerprint density at radius 2 is 2.00 bits per heavy atom. The van der Waals surface area contributed by atoms with Gasteiger partial charge in [0.1, 0.15) is 11.6 Å². The minimum absolute atomic E-state index is 0.125. The van der Waals surface area contributed by atoms with Gasteiger partial charge < -0.3 is 10.1 Å².